The van der Waals surface area contributed by atoms with E-state index in [9.17, 15) is 0 Å². The van der Waals surface area contributed by atoms with Crippen LogP contribution >= 0.6 is 0 Å². The van der Waals surface area contributed by atoms with E-state index in [1.807, 2.05) is 60.7 Å². The number of fused-ring (bicyclic) bond motifs is 1. The first-order valence-electron chi connectivity index (χ1n) is 7.90. The highest BCUT2D eigenvalue weighted by Crippen LogP contribution is 2.20. The zero-order chi connectivity index (χ0) is 16.9. The summed E-state index contributed by atoms with van der Waals surface area (Å²) in [5.74, 6) is 0.698. The van der Waals surface area contributed by atoms with Crippen LogP contribution in [0.3, 0.4) is 0 Å². The number of benzene rings is 2. The Labute approximate surface area is 145 Å². The SMILES string of the molecule is C(=N\Nc1cccc2cccnc12)/c1cnc(-c2ccccc2)nc1. The first-order chi connectivity index (χ1) is 12.4. The summed E-state index contributed by atoms with van der Waals surface area (Å²) in [5.41, 5.74) is 6.59. The number of hydrogen-bond acceptors (Lipinski definition) is 5. The molecule has 0 amide bonds. The van der Waals surface area contributed by atoms with Gasteiger partial charge in [0.05, 0.1) is 17.4 Å². The average Bonchev–Trinajstić information content (AvgIpc) is 2.69. The van der Waals surface area contributed by atoms with Gasteiger partial charge in [-0.2, -0.15) is 5.10 Å². The van der Waals surface area contributed by atoms with E-state index in [1.165, 1.54) is 0 Å². The molecule has 0 saturated carbocycles. The van der Waals surface area contributed by atoms with Gasteiger partial charge in [0.1, 0.15) is 0 Å². The summed E-state index contributed by atoms with van der Waals surface area (Å²) in [6, 6.07) is 19.8. The number of rotatable bonds is 4. The molecule has 2 heterocycles. The van der Waals surface area contributed by atoms with Gasteiger partial charge < -0.3 is 0 Å². The van der Waals surface area contributed by atoms with Crippen LogP contribution in [0, 0.1) is 0 Å². The average molecular weight is 325 g/mol. The molecule has 0 bridgehead atoms. The first-order valence-corrected chi connectivity index (χ1v) is 7.90. The second kappa shape index (κ2) is 6.88. The van der Waals surface area contributed by atoms with Crippen molar-refractivity contribution in [2.45, 2.75) is 0 Å². The summed E-state index contributed by atoms with van der Waals surface area (Å²) in [6.45, 7) is 0. The maximum atomic E-state index is 4.39. The van der Waals surface area contributed by atoms with Crippen LogP contribution < -0.4 is 5.43 Å². The predicted molar refractivity (Wildman–Crippen MR) is 100 cm³/mol. The standard InChI is InChI=1S/C20H15N5/c1-2-6-17(7-3-1)20-22-12-15(13-23-20)14-24-25-18-10-4-8-16-9-5-11-21-19(16)18/h1-14,25H/b24-14+. The number of nitrogens with one attached hydrogen (secondary N) is 1. The van der Waals surface area contributed by atoms with Crippen LogP contribution in [0.4, 0.5) is 5.69 Å². The van der Waals surface area contributed by atoms with Crippen molar-refractivity contribution in [2.75, 3.05) is 5.43 Å². The molecule has 0 spiro atoms. The number of para-hydroxylation sites is 1. The molecule has 25 heavy (non-hydrogen) atoms. The van der Waals surface area contributed by atoms with Gasteiger partial charge in [-0.15, -0.1) is 0 Å². The van der Waals surface area contributed by atoms with Crippen molar-refractivity contribution < 1.29 is 0 Å². The molecular formula is C20H15N5. The van der Waals surface area contributed by atoms with E-state index >= 15 is 0 Å². The van der Waals surface area contributed by atoms with Gasteiger partial charge in [-0.25, -0.2) is 9.97 Å². The lowest BCUT2D eigenvalue weighted by atomic mass is 10.2. The Kier molecular flexibility index (Phi) is 4.12. The van der Waals surface area contributed by atoms with E-state index in [0.29, 0.717) is 5.82 Å². The van der Waals surface area contributed by atoms with E-state index in [-0.39, 0.29) is 0 Å². The Hall–Kier alpha value is -3.60. The normalized spacial score (nSPS) is 11.0. The molecule has 5 heteroatoms. The summed E-state index contributed by atoms with van der Waals surface area (Å²) in [4.78, 5) is 13.2. The van der Waals surface area contributed by atoms with E-state index < -0.39 is 0 Å². The van der Waals surface area contributed by atoms with Crippen molar-refractivity contribution in [2.24, 2.45) is 5.10 Å². The third kappa shape index (κ3) is 3.35. The number of hydrazone groups is 1. The molecule has 4 rings (SSSR count). The molecule has 0 aliphatic carbocycles. The molecule has 0 fully saturated rings. The highest BCUT2D eigenvalue weighted by atomic mass is 15.3. The Morgan fingerprint density at radius 3 is 2.44 bits per heavy atom. The molecule has 1 N–H and O–H groups in total. The smallest absolute Gasteiger partial charge is 0.159 e. The van der Waals surface area contributed by atoms with Gasteiger partial charge in [-0.1, -0.05) is 48.5 Å². The minimum absolute atomic E-state index is 0.698. The van der Waals surface area contributed by atoms with Crippen LogP contribution in [0.2, 0.25) is 0 Å². The van der Waals surface area contributed by atoms with Crippen molar-refractivity contribution >= 4 is 22.8 Å². The van der Waals surface area contributed by atoms with Crippen LogP contribution in [0.1, 0.15) is 5.56 Å². The van der Waals surface area contributed by atoms with Gasteiger partial charge in [0.15, 0.2) is 5.82 Å². The highest BCUT2D eigenvalue weighted by Gasteiger charge is 2.01. The molecule has 5 nitrogen and oxygen atoms in total. The van der Waals surface area contributed by atoms with Crippen LogP contribution in [0.5, 0.6) is 0 Å². The quantitative estimate of drug-likeness (QED) is 0.452. The lowest BCUT2D eigenvalue weighted by Gasteiger charge is -2.04. The third-order valence-electron chi connectivity index (χ3n) is 3.74. The predicted octanol–water partition coefficient (Wildman–Crippen LogP) is 4.14. The Morgan fingerprint density at radius 1 is 0.800 bits per heavy atom. The van der Waals surface area contributed by atoms with Gasteiger partial charge in [-0.05, 0) is 12.1 Å². The minimum atomic E-state index is 0.698. The summed E-state index contributed by atoms with van der Waals surface area (Å²) in [7, 11) is 0. The van der Waals surface area contributed by atoms with Crippen molar-refractivity contribution in [1.82, 2.24) is 15.0 Å². The molecule has 0 unspecified atom stereocenters. The zero-order valence-electron chi connectivity index (χ0n) is 13.4. The molecule has 120 valence electrons. The van der Waals surface area contributed by atoms with Crippen molar-refractivity contribution in [3.05, 3.63) is 84.8 Å². The summed E-state index contributed by atoms with van der Waals surface area (Å²) in [5, 5.41) is 5.34. The lowest BCUT2D eigenvalue weighted by Crippen LogP contribution is -1.95. The Bertz CT molecular complexity index is 1010. The second-order valence-corrected chi connectivity index (χ2v) is 5.46. The second-order valence-electron chi connectivity index (χ2n) is 5.46. The molecule has 0 saturated heterocycles. The summed E-state index contributed by atoms with van der Waals surface area (Å²) >= 11 is 0. The molecule has 0 aliphatic heterocycles. The van der Waals surface area contributed by atoms with Crippen LogP contribution in [-0.2, 0) is 0 Å². The van der Waals surface area contributed by atoms with Crippen molar-refractivity contribution in [1.29, 1.82) is 0 Å². The van der Waals surface area contributed by atoms with Gasteiger partial charge in [0, 0.05) is 35.1 Å². The Morgan fingerprint density at radius 2 is 1.60 bits per heavy atom. The molecular weight excluding hydrogens is 310 g/mol. The number of nitrogens with zero attached hydrogens (tertiary/aromatic N) is 4. The van der Waals surface area contributed by atoms with Crippen molar-refractivity contribution in [3.8, 4) is 11.4 Å². The lowest BCUT2D eigenvalue weighted by molar-refractivity contribution is 1.17. The van der Waals surface area contributed by atoms with Crippen LogP contribution in [0.15, 0.2) is 84.4 Å². The number of anilines is 1. The fraction of sp³-hybridized carbons (Fsp3) is 0. The van der Waals surface area contributed by atoms with E-state index in [0.717, 1.165) is 27.7 Å². The minimum Gasteiger partial charge on any atom is -0.276 e. The molecule has 0 radical (unpaired) electrons. The molecule has 2 aromatic heterocycles. The van der Waals surface area contributed by atoms with E-state index in [2.05, 4.69) is 25.5 Å². The van der Waals surface area contributed by atoms with Gasteiger partial charge in [-0.3, -0.25) is 10.4 Å². The maximum Gasteiger partial charge on any atom is 0.159 e. The maximum absolute atomic E-state index is 4.39. The van der Waals surface area contributed by atoms with E-state index in [4.69, 9.17) is 0 Å². The molecule has 0 atom stereocenters. The summed E-state index contributed by atoms with van der Waals surface area (Å²) in [6.07, 6.45) is 6.97. The monoisotopic (exact) mass is 325 g/mol. The number of aromatic nitrogens is 3. The van der Waals surface area contributed by atoms with Crippen molar-refractivity contribution in [3.63, 3.8) is 0 Å². The van der Waals surface area contributed by atoms with Crippen LogP contribution in [0.25, 0.3) is 22.3 Å². The fourth-order valence-electron chi connectivity index (χ4n) is 2.51. The fourth-order valence-corrected chi connectivity index (χ4v) is 2.51. The topological polar surface area (TPSA) is 63.1 Å². The molecule has 0 aliphatic rings. The number of pyridine rings is 1. The highest BCUT2D eigenvalue weighted by molar-refractivity contribution is 5.90. The molecule has 4 aromatic rings. The third-order valence-corrected chi connectivity index (χ3v) is 3.74. The van der Waals surface area contributed by atoms with Gasteiger partial charge >= 0.3 is 0 Å². The molecule has 2 aromatic carbocycles. The van der Waals surface area contributed by atoms with Gasteiger partial charge in [0.2, 0.25) is 0 Å². The van der Waals surface area contributed by atoms with Crippen LogP contribution in [-0.4, -0.2) is 21.2 Å². The largest absolute Gasteiger partial charge is 0.276 e. The Balaban J connectivity index is 1.50. The first kappa shape index (κ1) is 15.0. The zero-order valence-corrected chi connectivity index (χ0v) is 13.4. The van der Waals surface area contributed by atoms with E-state index in [1.54, 1.807) is 24.8 Å². The summed E-state index contributed by atoms with van der Waals surface area (Å²) < 4.78 is 0. The van der Waals surface area contributed by atoms with Gasteiger partial charge in [0.25, 0.3) is 0 Å². The number of hydrogen-bond donors (Lipinski definition) is 1.